The number of hydrogen-bond donors (Lipinski definition) is 5. The number of amides is 8. The number of ketones is 3. The van der Waals surface area contributed by atoms with E-state index in [1.807, 2.05) is 76.2 Å². The highest BCUT2D eigenvalue weighted by Gasteiger charge is 2.40. The van der Waals surface area contributed by atoms with E-state index in [-0.39, 0.29) is 76.2 Å². The fraction of sp³-hybridized carbons (Fsp3) is 0.561. The minimum Gasteiger partial charge on any atom is -0.387 e. The fourth-order valence-corrected chi connectivity index (χ4v) is 10.7. The first-order valence-corrected chi connectivity index (χ1v) is 30.2. The molecular weight excluding hydrogens is 1100 g/mol. The van der Waals surface area contributed by atoms with E-state index in [0.717, 1.165) is 11.1 Å². The minimum absolute atomic E-state index is 0.0585. The Kier molecular flexibility index (Phi) is 28.4. The van der Waals surface area contributed by atoms with Gasteiger partial charge in [-0.05, 0) is 87.8 Å². The van der Waals surface area contributed by atoms with Gasteiger partial charge in [0.15, 0.2) is 17.3 Å². The van der Waals surface area contributed by atoms with Gasteiger partial charge in [-0.2, -0.15) is 0 Å². The number of nitrogens with zero attached hydrogens (tertiary/aromatic N) is 4. The molecule has 20 heteroatoms. The lowest BCUT2D eigenvalue weighted by atomic mass is 9.89. The zero-order valence-electron chi connectivity index (χ0n) is 52.5. The van der Waals surface area contributed by atoms with Gasteiger partial charge in [0, 0.05) is 78.2 Å². The summed E-state index contributed by atoms with van der Waals surface area (Å²) < 4.78 is 0. The van der Waals surface area contributed by atoms with Crippen LogP contribution < -0.4 is 21.3 Å². The third-order valence-electron chi connectivity index (χ3n) is 16.3. The van der Waals surface area contributed by atoms with Crippen molar-refractivity contribution in [1.82, 2.24) is 40.9 Å². The third-order valence-corrected chi connectivity index (χ3v) is 16.3. The molecule has 5 N–H and O–H groups in total. The summed E-state index contributed by atoms with van der Waals surface area (Å²) in [5.74, 6) is -9.34. The van der Waals surface area contributed by atoms with Crippen molar-refractivity contribution < 1.29 is 57.8 Å². The monoisotopic (exact) mass is 1190 g/mol. The number of rotatable bonds is 15. The molecule has 1 aliphatic rings. The van der Waals surface area contributed by atoms with E-state index >= 15 is 0 Å². The molecule has 3 aromatic carbocycles. The van der Waals surface area contributed by atoms with Crippen LogP contribution in [0.25, 0.3) is 0 Å². The van der Waals surface area contributed by atoms with E-state index in [1.165, 1.54) is 68.6 Å². The lowest BCUT2D eigenvalue weighted by Gasteiger charge is -2.36. The van der Waals surface area contributed by atoms with Crippen LogP contribution in [0.3, 0.4) is 0 Å². The van der Waals surface area contributed by atoms with Crippen LogP contribution in [0.1, 0.15) is 123 Å². The van der Waals surface area contributed by atoms with Gasteiger partial charge in [0.25, 0.3) is 0 Å². The molecule has 0 aliphatic carbocycles. The van der Waals surface area contributed by atoms with Crippen molar-refractivity contribution >= 4 is 64.6 Å². The van der Waals surface area contributed by atoms with Crippen molar-refractivity contribution in [3.63, 3.8) is 0 Å². The summed E-state index contributed by atoms with van der Waals surface area (Å²) in [5, 5.41) is 20.9. The molecule has 0 unspecified atom stereocenters. The predicted octanol–water partition coefficient (Wildman–Crippen LogP) is 4.67. The van der Waals surface area contributed by atoms with Gasteiger partial charge >= 0.3 is 0 Å². The maximum atomic E-state index is 14.7. The normalized spacial score (nSPS) is 24.5. The molecule has 8 amide bonds. The molecule has 4 rings (SSSR count). The Morgan fingerprint density at radius 3 is 1.65 bits per heavy atom. The first-order valence-electron chi connectivity index (χ1n) is 30.2. The molecule has 3 aromatic rings. The van der Waals surface area contributed by atoms with Crippen LogP contribution in [0.15, 0.2) is 91.0 Å². The molecule has 1 aliphatic heterocycles. The number of carbonyl (C=O) groups excluding carboxylic acids is 11. The zero-order chi connectivity index (χ0) is 63.9. The number of aliphatic hydroxyl groups excluding tert-OH is 1. The summed E-state index contributed by atoms with van der Waals surface area (Å²) >= 11 is 0. The Labute approximate surface area is 508 Å². The van der Waals surface area contributed by atoms with E-state index in [4.69, 9.17) is 0 Å². The molecule has 0 aromatic heterocycles. The number of likely N-dealkylation sites (N-methyl/N-ethyl adjacent to an activating group) is 4. The first-order chi connectivity index (χ1) is 40.6. The lowest BCUT2D eigenvalue weighted by Crippen LogP contribution is -2.57. The second-order valence-corrected chi connectivity index (χ2v) is 24.2. The predicted molar refractivity (Wildman–Crippen MR) is 327 cm³/mol. The smallest absolute Gasteiger partial charge is 0.246 e. The molecular formula is C66H94N8O12. The molecule has 0 bridgehead atoms. The van der Waals surface area contributed by atoms with Crippen molar-refractivity contribution in [1.29, 1.82) is 0 Å². The molecule has 10 atom stereocenters. The molecule has 0 radical (unpaired) electrons. The van der Waals surface area contributed by atoms with Crippen LogP contribution in [0, 0.1) is 29.6 Å². The van der Waals surface area contributed by atoms with Crippen LogP contribution in [0.5, 0.6) is 0 Å². The second-order valence-electron chi connectivity index (χ2n) is 24.2. The van der Waals surface area contributed by atoms with Crippen LogP contribution >= 0.6 is 0 Å². The molecule has 86 heavy (non-hydrogen) atoms. The molecule has 0 saturated carbocycles. The van der Waals surface area contributed by atoms with Gasteiger partial charge < -0.3 is 46.0 Å². The number of Topliss-reactive ketones (excluding diaryl/α,β-unsaturated/α-hetero) is 3. The van der Waals surface area contributed by atoms with Gasteiger partial charge in [0.05, 0.1) is 18.1 Å². The molecule has 1 saturated heterocycles. The maximum absolute atomic E-state index is 14.7. The Morgan fingerprint density at radius 2 is 1.09 bits per heavy atom. The zero-order valence-corrected chi connectivity index (χ0v) is 52.5. The number of carbonyl (C=O) groups is 11. The van der Waals surface area contributed by atoms with Gasteiger partial charge in [-0.1, -0.05) is 132 Å². The Balaban J connectivity index is 1.77. The van der Waals surface area contributed by atoms with Gasteiger partial charge in [0.1, 0.15) is 30.8 Å². The standard InChI is InChI=1S/C66H94N8O12/c1-41(2)32-53-65(85)72(10)46(8)64(84)73(11)54(33-42(3)4)58(78)34-43(5)63(83)74(12)55(37-49-28-20-15-21-29-49)66(86)71(9)45(7)60(80)68-44(6)56(76)39-51(35-47-24-16-13-17-25-47)61(81)67-31-23-22-30-50(62(82)70-53)38-57(77)52(69-59(79)40-75)36-48-26-18-14-19-27-48/h13-21,24-29,41-46,50-55,75H,22-23,30-40H2,1-12H3,(H,67,81)(H,68,80)(H,69,79)(H,70,82)/t43-,44+,45+,46+,50-,51-,52+,53+,54+,55+/m1/s1. The average Bonchev–Trinajstić information content (AvgIpc) is 2.31. The highest BCUT2D eigenvalue weighted by atomic mass is 16.3. The van der Waals surface area contributed by atoms with Crippen molar-refractivity contribution in [2.24, 2.45) is 29.6 Å². The summed E-state index contributed by atoms with van der Waals surface area (Å²) in [6.45, 7) is 12.8. The van der Waals surface area contributed by atoms with Gasteiger partial charge in [-0.3, -0.25) is 52.7 Å². The van der Waals surface area contributed by atoms with E-state index in [9.17, 15) is 57.8 Å². The molecule has 0 spiro atoms. The maximum Gasteiger partial charge on any atom is 0.246 e. The van der Waals surface area contributed by atoms with E-state index in [0.29, 0.717) is 18.4 Å². The van der Waals surface area contributed by atoms with Crippen LogP contribution in [0.4, 0.5) is 0 Å². The van der Waals surface area contributed by atoms with Crippen molar-refractivity contribution in [3.05, 3.63) is 108 Å². The minimum atomic E-state index is -1.18. The summed E-state index contributed by atoms with van der Waals surface area (Å²) in [5.41, 5.74) is 2.23. The molecule has 1 fully saturated rings. The average molecular weight is 1190 g/mol. The summed E-state index contributed by atoms with van der Waals surface area (Å²) in [6.07, 6.45) is 0.435. The quantitative estimate of drug-likeness (QED) is 0.139. The molecule has 470 valence electrons. The fourth-order valence-electron chi connectivity index (χ4n) is 10.7. The van der Waals surface area contributed by atoms with E-state index in [1.54, 1.807) is 49.4 Å². The summed E-state index contributed by atoms with van der Waals surface area (Å²) in [6, 6.07) is 19.2. The Morgan fingerprint density at radius 1 is 0.558 bits per heavy atom. The highest BCUT2D eigenvalue weighted by Crippen LogP contribution is 2.24. The SMILES string of the molecule is CC(C)C[C@@H]1NC(=O)[C@@H](CC(=O)[C@H](Cc2ccccc2)NC(=O)CO)CCCCNC(=O)[C@H](Cc2ccccc2)CC(=O)[C@H](C)NC(=O)[C@H](C)N(C)C(=O)[C@H](Cc2ccccc2)N(C)C(=O)[C@H](C)CC(=O)[C@H](CC(C)C)N(C)C(=O)[C@H](C)N(C)C1=O. The number of benzene rings is 3. The van der Waals surface area contributed by atoms with Gasteiger partial charge in [-0.15, -0.1) is 0 Å². The highest BCUT2D eigenvalue weighted by molar-refractivity contribution is 5.99. The van der Waals surface area contributed by atoms with Crippen molar-refractivity contribution in [3.8, 4) is 0 Å². The van der Waals surface area contributed by atoms with E-state index < -0.39 is 131 Å². The Bertz CT molecular complexity index is 2780. The van der Waals surface area contributed by atoms with Crippen molar-refractivity contribution in [2.45, 2.75) is 168 Å². The van der Waals surface area contributed by atoms with Crippen LogP contribution in [0.2, 0.25) is 0 Å². The number of aliphatic hydroxyl groups is 1. The van der Waals surface area contributed by atoms with Crippen LogP contribution in [-0.4, -0.2) is 173 Å². The van der Waals surface area contributed by atoms with Crippen LogP contribution in [-0.2, 0) is 72.0 Å². The summed E-state index contributed by atoms with van der Waals surface area (Å²) in [4.78, 5) is 162. The number of nitrogens with one attached hydrogen (secondary N) is 4. The Hall–Kier alpha value is -7.61. The third kappa shape index (κ3) is 21.4. The largest absolute Gasteiger partial charge is 0.387 e. The topological polar surface area (TPSA) is 269 Å². The molecule has 20 nitrogen and oxygen atoms in total. The van der Waals surface area contributed by atoms with Crippen molar-refractivity contribution in [2.75, 3.05) is 41.3 Å². The summed E-state index contributed by atoms with van der Waals surface area (Å²) in [7, 11) is 5.81. The number of hydrogen-bond acceptors (Lipinski definition) is 12. The lowest BCUT2D eigenvalue weighted by molar-refractivity contribution is -0.150. The van der Waals surface area contributed by atoms with Gasteiger partial charge in [-0.25, -0.2) is 0 Å². The molecule has 1 heterocycles. The first kappa shape index (κ1) is 70.9. The van der Waals surface area contributed by atoms with Gasteiger partial charge in [0.2, 0.25) is 47.3 Å². The second kappa shape index (κ2) is 34.5. The van der Waals surface area contributed by atoms with E-state index in [2.05, 4.69) is 21.3 Å².